The summed E-state index contributed by atoms with van der Waals surface area (Å²) in [6.45, 7) is 4.71. The van der Waals surface area contributed by atoms with Gasteiger partial charge in [0.25, 0.3) is 0 Å². The second kappa shape index (κ2) is 7.42. The van der Waals surface area contributed by atoms with Gasteiger partial charge in [0, 0.05) is 22.4 Å². The topological polar surface area (TPSA) is 45.5 Å². The van der Waals surface area contributed by atoms with Gasteiger partial charge in [-0.3, -0.25) is 4.79 Å². The molecule has 0 radical (unpaired) electrons. The first kappa shape index (κ1) is 17.7. The number of hydrogen-bond donors (Lipinski definition) is 1. The Labute approximate surface area is 152 Å². The molecular weight excluding hydrogens is 332 g/mol. The van der Waals surface area contributed by atoms with E-state index < -0.39 is 0 Å². The Kier molecular flexibility index (Phi) is 5.25. The predicted octanol–water partition coefficient (Wildman–Crippen LogP) is 4.07. The maximum Gasteiger partial charge on any atom is 0.224 e. The quantitative estimate of drug-likeness (QED) is 0.724. The molecule has 2 aromatic heterocycles. The van der Waals surface area contributed by atoms with Crippen molar-refractivity contribution in [3.8, 4) is 0 Å². The van der Waals surface area contributed by atoms with Crippen LogP contribution in [0.1, 0.15) is 27.6 Å². The van der Waals surface area contributed by atoms with Crippen molar-refractivity contribution < 1.29 is 9.21 Å². The number of likely N-dealkylation sites (N-methyl/N-ethyl adjacent to an activating group) is 1. The SMILES string of the molecule is Cc1ccc2c(CC(=O)NC[C@@H](c3cccs3)N(C)C)coc2c1C. The molecule has 0 aliphatic heterocycles. The highest BCUT2D eigenvalue weighted by Gasteiger charge is 2.17. The van der Waals surface area contributed by atoms with Crippen LogP contribution in [0.5, 0.6) is 0 Å². The summed E-state index contributed by atoms with van der Waals surface area (Å²) in [5.41, 5.74) is 4.15. The molecule has 132 valence electrons. The van der Waals surface area contributed by atoms with E-state index in [1.807, 2.05) is 33.2 Å². The van der Waals surface area contributed by atoms with Crippen molar-refractivity contribution in [3.63, 3.8) is 0 Å². The number of benzene rings is 1. The molecule has 0 saturated heterocycles. The van der Waals surface area contributed by atoms with E-state index in [1.54, 1.807) is 17.6 Å². The lowest BCUT2D eigenvalue weighted by Crippen LogP contribution is -2.34. The third-order valence-corrected chi connectivity index (χ3v) is 5.65. The molecule has 3 aromatic rings. The van der Waals surface area contributed by atoms with Gasteiger partial charge in [-0.15, -0.1) is 11.3 Å². The van der Waals surface area contributed by atoms with E-state index >= 15 is 0 Å². The lowest BCUT2D eigenvalue weighted by molar-refractivity contribution is -0.120. The zero-order valence-electron chi connectivity index (χ0n) is 15.1. The number of furan rings is 1. The number of nitrogens with zero attached hydrogens (tertiary/aromatic N) is 1. The first-order chi connectivity index (χ1) is 12.0. The summed E-state index contributed by atoms with van der Waals surface area (Å²) in [5, 5.41) is 6.16. The lowest BCUT2D eigenvalue weighted by Gasteiger charge is -2.23. The molecule has 0 aliphatic carbocycles. The van der Waals surface area contributed by atoms with Crippen molar-refractivity contribution >= 4 is 28.2 Å². The molecule has 0 bridgehead atoms. The van der Waals surface area contributed by atoms with Gasteiger partial charge in [0.1, 0.15) is 5.58 Å². The molecule has 3 rings (SSSR count). The second-order valence-electron chi connectivity index (χ2n) is 6.62. The van der Waals surface area contributed by atoms with Gasteiger partial charge < -0.3 is 14.6 Å². The van der Waals surface area contributed by atoms with Crippen LogP contribution in [0.4, 0.5) is 0 Å². The van der Waals surface area contributed by atoms with Crippen LogP contribution in [0.15, 0.2) is 40.3 Å². The van der Waals surface area contributed by atoms with E-state index in [1.165, 1.54) is 10.4 Å². The van der Waals surface area contributed by atoms with E-state index in [0.717, 1.165) is 22.1 Å². The molecule has 0 fully saturated rings. The van der Waals surface area contributed by atoms with Crippen LogP contribution >= 0.6 is 11.3 Å². The fourth-order valence-electron chi connectivity index (χ4n) is 2.99. The van der Waals surface area contributed by atoms with Gasteiger partial charge in [-0.1, -0.05) is 18.2 Å². The molecule has 0 saturated carbocycles. The third kappa shape index (κ3) is 3.78. The molecule has 1 amide bonds. The number of rotatable bonds is 6. The van der Waals surface area contributed by atoms with Crippen LogP contribution in [-0.4, -0.2) is 31.4 Å². The standard InChI is InChI=1S/C20H24N2O2S/c1-13-7-8-16-15(12-24-20(16)14(13)2)10-19(23)21-11-17(22(3)4)18-6-5-9-25-18/h5-9,12,17H,10-11H2,1-4H3,(H,21,23)/t17-/m0/s1. The second-order valence-corrected chi connectivity index (χ2v) is 7.60. The fourth-order valence-corrected chi connectivity index (χ4v) is 3.91. The Morgan fingerprint density at radius 2 is 2.08 bits per heavy atom. The number of fused-ring (bicyclic) bond motifs is 1. The van der Waals surface area contributed by atoms with Crippen LogP contribution in [0, 0.1) is 13.8 Å². The first-order valence-electron chi connectivity index (χ1n) is 8.40. The number of hydrogen-bond acceptors (Lipinski definition) is 4. The lowest BCUT2D eigenvalue weighted by atomic mass is 10.0. The average Bonchev–Trinajstić information content (AvgIpc) is 3.21. The Hall–Kier alpha value is -2.11. The molecule has 4 nitrogen and oxygen atoms in total. The van der Waals surface area contributed by atoms with E-state index in [2.05, 4.69) is 34.7 Å². The molecule has 1 atom stereocenters. The van der Waals surface area contributed by atoms with Crippen LogP contribution in [0.25, 0.3) is 11.0 Å². The van der Waals surface area contributed by atoms with Crippen molar-refractivity contribution in [1.82, 2.24) is 10.2 Å². The maximum atomic E-state index is 12.4. The maximum absolute atomic E-state index is 12.4. The van der Waals surface area contributed by atoms with Crippen molar-refractivity contribution in [3.05, 3.63) is 57.5 Å². The van der Waals surface area contributed by atoms with Gasteiger partial charge >= 0.3 is 0 Å². The van der Waals surface area contributed by atoms with Crippen molar-refractivity contribution in [2.24, 2.45) is 0 Å². The summed E-state index contributed by atoms with van der Waals surface area (Å²) >= 11 is 1.71. The molecule has 1 aromatic carbocycles. The molecule has 0 aliphatic rings. The Bertz CT molecular complexity index is 865. The highest BCUT2D eigenvalue weighted by Crippen LogP contribution is 2.27. The number of amides is 1. The van der Waals surface area contributed by atoms with Crippen LogP contribution < -0.4 is 5.32 Å². The van der Waals surface area contributed by atoms with E-state index in [4.69, 9.17) is 4.42 Å². The van der Waals surface area contributed by atoms with Crippen molar-refractivity contribution in [2.45, 2.75) is 26.3 Å². The van der Waals surface area contributed by atoms with Crippen LogP contribution in [0.2, 0.25) is 0 Å². The smallest absolute Gasteiger partial charge is 0.224 e. The van der Waals surface area contributed by atoms with E-state index in [9.17, 15) is 4.79 Å². The molecule has 0 spiro atoms. The normalized spacial score (nSPS) is 12.7. The van der Waals surface area contributed by atoms with Crippen LogP contribution in [-0.2, 0) is 11.2 Å². The summed E-state index contributed by atoms with van der Waals surface area (Å²) in [5.74, 6) is 0.0179. The molecule has 1 N–H and O–H groups in total. The molecule has 5 heteroatoms. The number of aryl methyl sites for hydroxylation is 2. The zero-order valence-corrected chi connectivity index (χ0v) is 15.9. The fraction of sp³-hybridized carbons (Fsp3) is 0.350. The Morgan fingerprint density at radius 3 is 2.76 bits per heavy atom. The summed E-state index contributed by atoms with van der Waals surface area (Å²) in [7, 11) is 4.07. The van der Waals surface area contributed by atoms with Gasteiger partial charge in [0.05, 0.1) is 18.7 Å². The Morgan fingerprint density at radius 1 is 1.28 bits per heavy atom. The number of carbonyl (C=O) groups excluding carboxylic acids is 1. The summed E-state index contributed by atoms with van der Waals surface area (Å²) in [6, 6.07) is 8.46. The van der Waals surface area contributed by atoms with Gasteiger partial charge in [0.15, 0.2) is 0 Å². The van der Waals surface area contributed by atoms with Gasteiger partial charge in [-0.25, -0.2) is 0 Å². The average molecular weight is 356 g/mol. The minimum atomic E-state index is 0.0179. The molecular formula is C20H24N2O2S. The van der Waals surface area contributed by atoms with Crippen molar-refractivity contribution in [1.29, 1.82) is 0 Å². The minimum Gasteiger partial charge on any atom is -0.464 e. The monoisotopic (exact) mass is 356 g/mol. The minimum absolute atomic E-state index is 0.0179. The number of thiophene rings is 1. The van der Waals surface area contributed by atoms with Crippen LogP contribution in [0.3, 0.4) is 0 Å². The zero-order chi connectivity index (χ0) is 18.0. The summed E-state index contributed by atoms with van der Waals surface area (Å²) < 4.78 is 5.70. The Balaban J connectivity index is 1.68. The largest absolute Gasteiger partial charge is 0.464 e. The number of carbonyl (C=O) groups is 1. The number of nitrogens with one attached hydrogen (secondary N) is 1. The summed E-state index contributed by atoms with van der Waals surface area (Å²) in [6.07, 6.45) is 2.04. The third-order valence-electron chi connectivity index (χ3n) is 4.68. The van der Waals surface area contributed by atoms with E-state index in [0.29, 0.717) is 13.0 Å². The molecule has 0 unspecified atom stereocenters. The highest BCUT2D eigenvalue weighted by molar-refractivity contribution is 7.10. The van der Waals surface area contributed by atoms with Crippen molar-refractivity contribution in [2.75, 3.05) is 20.6 Å². The predicted molar refractivity (Wildman–Crippen MR) is 103 cm³/mol. The first-order valence-corrected chi connectivity index (χ1v) is 9.28. The van der Waals surface area contributed by atoms with Gasteiger partial charge in [-0.05, 0) is 50.5 Å². The molecule has 2 heterocycles. The van der Waals surface area contributed by atoms with Gasteiger partial charge in [-0.2, -0.15) is 0 Å². The molecule has 25 heavy (non-hydrogen) atoms. The van der Waals surface area contributed by atoms with Gasteiger partial charge in [0.2, 0.25) is 5.91 Å². The highest BCUT2D eigenvalue weighted by atomic mass is 32.1. The van der Waals surface area contributed by atoms with E-state index in [-0.39, 0.29) is 11.9 Å². The summed E-state index contributed by atoms with van der Waals surface area (Å²) in [4.78, 5) is 15.8.